The van der Waals surface area contributed by atoms with Gasteiger partial charge >= 0.3 is 6.18 Å². The molecule has 37 heavy (non-hydrogen) atoms. The van der Waals surface area contributed by atoms with Crippen molar-refractivity contribution in [3.05, 3.63) is 29.8 Å². The second-order valence-electron chi connectivity index (χ2n) is 10.1. The first kappa shape index (κ1) is 27.5. The van der Waals surface area contributed by atoms with E-state index in [0.29, 0.717) is 25.7 Å². The van der Waals surface area contributed by atoms with E-state index in [4.69, 9.17) is 9.47 Å². The lowest BCUT2D eigenvalue weighted by Gasteiger charge is -2.56. The molecule has 3 aliphatic carbocycles. The summed E-state index contributed by atoms with van der Waals surface area (Å²) in [5.74, 6) is -3.05. The summed E-state index contributed by atoms with van der Waals surface area (Å²) in [6, 6.07) is 1.38. The first-order valence-electron chi connectivity index (χ1n) is 12.2. The Kier molecular flexibility index (Phi) is 7.96. The van der Waals surface area contributed by atoms with Gasteiger partial charge in [-0.15, -0.1) is 0 Å². The number of halogens is 5. The van der Waals surface area contributed by atoms with Gasteiger partial charge in [0.1, 0.15) is 18.4 Å². The van der Waals surface area contributed by atoms with E-state index in [-0.39, 0.29) is 38.2 Å². The van der Waals surface area contributed by atoms with E-state index in [9.17, 15) is 36.6 Å². The number of aliphatic hydroxyl groups is 1. The molecule has 4 aliphatic rings. The fourth-order valence-electron chi connectivity index (χ4n) is 5.47. The molecule has 0 spiro atoms. The number of nitrogens with one attached hydrogen (secondary N) is 3. The summed E-state index contributed by atoms with van der Waals surface area (Å²) in [6.45, 7) is -0.754. The van der Waals surface area contributed by atoms with Gasteiger partial charge in [-0.25, -0.2) is 8.78 Å². The van der Waals surface area contributed by atoms with E-state index in [1.54, 1.807) is 0 Å². The second-order valence-corrected chi connectivity index (χ2v) is 10.1. The van der Waals surface area contributed by atoms with Crippen LogP contribution in [0.1, 0.15) is 44.9 Å². The number of hydrogen-bond acceptors (Lipinski definition) is 6. The number of piperidine rings is 1. The monoisotopic (exact) mass is 535 g/mol. The average Bonchev–Trinajstić information content (AvgIpc) is 2.84. The smallest absolute Gasteiger partial charge is 0.403 e. The molecule has 0 aromatic heterocycles. The molecule has 4 fully saturated rings. The SMILES string of the molecule is O=C(COc1ccc(F)c(F)c1)NC12CCC(NC(=O)COC3CCC(C(F)(F)F)NC3)(CC1)C(O)C2. The highest BCUT2D eigenvalue weighted by Crippen LogP contribution is 2.47. The van der Waals surface area contributed by atoms with E-state index >= 15 is 0 Å². The van der Waals surface area contributed by atoms with Crippen molar-refractivity contribution in [2.45, 2.75) is 80.4 Å². The van der Waals surface area contributed by atoms with Crippen LogP contribution in [0.15, 0.2) is 18.2 Å². The topological polar surface area (TPSA) is 109 Å². The van der Waals surface area contributed by atoms with Gasteiger partial charge in [0.25, 0.3) is 5.91 Å². The number of rotatable bonds is 8. The molecule has 2 amide bonds. The van der Waals surface area contributed by atoms with E-state index in [0.717, 1.165) is 12.1 Å². The summed E-state index contributed by atoms with van der Waals surface area (Å²) < 4.78 is 75.3. The van der Waals surface area contributed by atoms with Crippen LogP contribution in [0.3, 0.4) is 0 Å². The van der Waals surface area contributed by atoms with Crippen molar-refractivity contribution in [3.63, 3.8) is 0 Å². The third-order valence-corrected chi connectivity index (χ3v) is 7.59. The summed E-state index contributed by atoms with van der Waals surface area (Å²) in [5.41, 5.74) is -1.55. The van der Waals surface area contributed by atoms with Gasteiger partial charge in [-0.1, -0.05) is 0 Å². The van der Waals surface area contributed by atoms with Crippen LogP contribution in [-0.4, -0.2) is 72.2 Å². The van der Waals surface area contributed by atoms with Crippen molar-refractivity contribution in [2.75, 3.05) is 19.8 Å². The number of hydrogen-bond donors (Lipinski definition) is 4. The first-order valence-corrected chi connectivity index (χ1v) is 12.2. The molecule has 1 aromatic carbocycles. The van der Waals surface area contributed by atoms with Crippen molar-refractivity contribution in [3.8, 4) is 5.75 Å². The minimum absolute atomic E-state index is 0.00648. The maximum atomic E-state index is 13.3. The molecule has 5 rings (SSSR count). The first-order chi connectivity index (χ1) is 17.4. The lowest BCUT2D eigenvalue weighted by molar-refractivity contribution is -0.166. The Morgan fingerprint density at radius 2 is 1.73 bits per heavy atom. The molecule has 3 atom stereocenters. The highest BCUT2D eigenvalue weighted by atomic mass is 19.4. The van der Waals surface area contributed by atoms with Crippen LogP contribution in [0.5, 0.6) is 5.75 Å². The van der Waals surface area contributed by atoms with Gasteiger partial charge in [0, 0.05) is 18.2 Å². The number of aliphatic hydroxyl groups excluding tert-OH is 1. The maximum Gasteiger partial charge on any atom is 0.403 e. The summed E-state index contributed by atoms with van der Waals surface area (Å²) in [4.78, 5) is 25.0. The zero-order valence-corrected chi connectivity index (χ0v) is 20.0. The van der Waals surface area contributed by atoms with Crippen LogP contribution in [0.2, 0.25) is 0 Å². The van der Waals surface area contributed by atoms with Gasteiger partial charge in [0.2, 0.25) is 5.91 Å². The Morgan fingerprint density at radius 1 is 1.03 bits per heavy atom. The molecule has 3 saturated carbocycles. The molecule has 3 unspecified atom stereocenters. The summed E-state index contributed by atoms with van der Waals surface area (Å²) in [7, 11) is 0. The van der Waals surface area contributed by atoms with Gasteiger partial charge in [-0.3, -0.25) is 9.59 Å². The number of benzene rings is 1. The van der Waals surface area contributed by atoms with Crippen molar-refractivity contribution in [1.82, 2.24) is 16.0 Å². The largest absolute Gasteiger partial charge is 0.484 e. The molecular weight excluding hydrogens is 505 g/mol. The van der Waals surface area contributed by atoms with E-state index < -0.39 is 65.6 Å². The number of fused-ring (bicyclic) bond motifs is 3. The van der Waals surface area contributed by atoms with Crippen LogP contribution >= 0.6 is 0 Å². The molecule has 1 heterocycles. The highest BCUT2D eigenvalue weighted by Gasteiger charge is 2.55. The van der Waals surface area contributed by atoms with E-state index in [1.165, 1.54) is 6.07 Å². The molecule has 1 aromatic rings. The molecule has 2 bridgehead atoms. The molecular formula is C24H30F5N3O5. The fourth-order valence-corrected chi connectivity index (χ4v) is 5.47. The highest BCUT2D eigenvalue weighted by molar-refractivity contribution is 5.79. The van der Waals surface area contributed by atoms with Crippen LogP contribution in [0.25, 0.3) is 0 Å². The van der Waals surface area contributed by atoms with E-state index in [2.05, 4.69) is 16.0 Å². The number of ether oxygens (including phenoxy) is 2. The predicted molar refractivity (Wildman–Crippen MR) is 120 cm³/mol. The van der Waals surface area contributed by atoms with Gasteiger partial charge in [-0.2, -0.15) is 13.2 Å². The lowest BCUT2D eigenvalue weighted by atomic mass is 9.60. The predicted octanol–water partition coefficient (Wildman–Crippen LogP) is 2.09. The van der Waals surface area contributed by atoms with Crippen LogP contribution in [0.4, 0.5) is 22.0 Å². The average molecular weight is 536 g/mol. The van der Waals surface area contributed by atoms with Crippen LogP contribution < -0.4 is 20.7 Å². The lowest BCUT2D eigenvalue weighted by Crippen LogP contribution is -2.70. The maximum absolute atomic E-state index is 13.3. The van der Waals surface area contributed by atoms with Crippen molar-refractivity contribution in [2.24, 2.45) is 0 Å². The standard InChI is InChI=1S/C24H30F5N3O5/c25-16-3-1-14(9-17(16)26)36-12-20(34)31-22-5-7-23(8-6-22,19(33)10-22)32-21(35)13-37-15-2-4-18(30-11-15)24(27,28)29/h1,3,9,15,18-19,30,33H,2,4-8,10-13H2,(H,31,34)(H,32,35). The van der Waals surface area contributed by atoms with Crippen molar-refractivity contribution in [1.29, 1.82) is 0 Å². The molecule has 1 saturated heterocycles. The number of carbonyl (C=O) groups is 2. The Balaban J connectivity index is 1.21. The normalized spacial score (nSPS) is 31.6. The van der Waals surface area contributed by atoms with Crippen molar-refractivity contribution >= 4 is 11.8 Å². The Bertz CT molecular complexity index is 991. The quantitative estimate of drug-likeness (QED) is 0.380. The van der Waals surface area contributed by atoms with Crippen LogP contribution in [-0.2, 0) is 14.3 Å². The van der Waals surface area contributed by atoms with Gasteiger partial charge in [0.05, 0.1) is 17.7 Å². The van der Waals surface area contributed by atoms with Gasteiger partial charge in [0.15, 0.2) is 18.2 Å². The Hall–Kier alpha value is -2.51. The second kappa shape index (κ2) is 10.7. The zero-order valence-electron chi connectivity index (χ0n) is 20.0. The molecule has 13 heteroatoms. The zero-order chi connectivity index (χ0) is 26.8. The van der Waals surface area contributed by atoms with Crippen molar-refractivity contribution < 1.29 is 46.1 Å². The molecule has 8 nitrogen and oxygen atoms in total. The number of alkyl halides is 3. The molecule has 206 valence electrons. The fraction of sp³-hybridized carbons (Fsp3) is 0.667. The molecule has 1 aliphatic heterocycles. The van der Waals surface area contributed by atoms with Gasteiger partial charge in [-0.05, 0) is 57.1 Å². The number of amides is 2. The molecule has 0 radical (unpaired) electrons. The minimum Gasteiger partial charge on any atom is -0.484 e. The Morgan fingerprint density at radius 3 is 2.32 bits per heavy atom. The number of carbonyl (C=O) groups excluding carboxylic acids is 2. The third kappa shape index (κ3) is 6.50. The van der Waals surface area contributed by atoms with E-state index in [1.807, 2.05) is 0 Å². The van der Waals surface area contributed by atoms with Crippen LogP contribution in [0, 0.1) is 11.6 Å². The molecule has 4 N–H and O–H groups in total. The van der Waals surface area contributed by atoms with Gasteiger partial charge < -0.3 is 30.5 Å². The minimum atomic E-state index is -4.32. The summed E-state index contributed by atoms with van der Waals surface area (Å²) in [5, 5.41) is 19.0. The third-order valence-electron chi connectivity index (χ3n) is 7.59. The Labute approximate surface area is 210 Å². The summed E-state index contributed by atoms with van der Waals surface area (Å²) >= 11 is 0. The summed E-state index contributed by atoms with van der Waals surface area (Å²) in [6.07, 6.45) is -3.71.